The lowest BCUT2D eigenvalue weighted by Gasteiger charge is -2.23. The molecule has 19 heavy (non-hydrogen) atoms. The Bertz CT molecular complexity index is 419. The Balaban J connectivity index is 1.98. The summed E-state index contributed by atoms with van der Waals surface area (Å²) >= 11 is 0. The van der Waals surface area contributed by atoms with Crippen molar-refractivity contribution in [1.29, 1.82) is 0 Å². The van der Waals surface area contributed by atoms with Crippen molar-refractivity contribution in [2.75, 3.05) is 7.11 Å². The maximum atomic E-state index is 11.9. The number of rotatable bonds is 4. The molecule has 106 valence electrons. The second-order valence-electron chi connectivity index (χ2n) is 5.11. The molecule has 1 aliphatic rings. The van der Waals surface area contributed by atoms with E-state index < -0.39 is 0 Å². The van der Waals surface area contributed by atoms with Crippen LogP contribution in [0.5, 0.6) is 0 Å². The number of carbonyl (C=O) groups excluding carboxylic acids is 1. The fourth-order valence-corrected chi connectivity index (χ4v) is 2.68. The predicted octanol–water partition coefficient (Wildman–Crippen LogP) is 1.03. The SMILES string of the molecule is COC(=O)C1CCCCCC1NCc1nncn1C. The number of carbonyl (C=O) groups is 1. The maximum Gasteiger partial charge on any atom is 0.310 e. The normalized spacial score (nSPS) is 23.9. The van der Waals surface area contributed by atoms with Crippen LogP contribution in [0.3, 0.4) is 0 Å². The average molecular weight is 266 g/mol. The van der Waals surface area contributed by atoms with E-state index >= 15 is 0 Å². The highest BCUT2D eigenvalue weighted by atomic mass is 16.5. The van der Waals surface area contributed by atoms with E-state index in [1.165, 1.54) is 13.5 Å². The van der Waals surface area contributed by atoms with Crippen LogP contribution in [0, 0.1) is 5.92 Å². The first-order valence-electron chi connectivity index (χ1n) is 6.86. The molecule has 0 aromatic carbocycles. The summed E-state index contributed by atoms with van der Waals surface area (Å²) in [5.41, 5.74) is 0. The van der Waals surface area contributed by atoms with Crippen LogP contribution in [0.25, 0.3) is 0 Å². The highest BCUT2D eigenvalue weighted by molar-refractivity contribution is 5.73. The van der Waals surface area contributed by atoms with Gasteiger partial charge in [0.15, 0.2) is 0 Å². The lowest BCUT2D eigenvalue weighted by atomic mass is 9.95. The molecule has 1 aromatic heterocycles. The molecule has 1 N–H and O–H groups in total. The van der Waals surface area contributed by atoms with Crippen LogP contribution in [0.15, 0.2) is 6.33 Å². The highest BCUT2D eigenvalue weighted by Crippen LogP contribution is 2.24. The summed E-state index contributed by atoms with van der Waals surface area (Å²) in [6.07, 6.45) is 7.05. The van der Waals surface area contributed by atoms with Gasteiger partial charge >= 0.3 is 5.97 Å². The van der Waals surface area contributed by atoms with Crippen LogP contribution in [0.2, 0.25) is 0 Å². The first-order chi connectivity index (χ1) is 9.22. The van der Waals surface area contributed by atoms with Gasteiger partial charge in [-0.25, -0.2) is 0 Å². The molecule has 2 rings (SSSR count). The second kappa shape index (κ2) is 6.65. The van der Waals surface area contributed by atoms with Crippen LogP contribution < -0.4 is 5.32 Å². The van der Waals surface area contributed by atoms with Gasteiger partial charge < -0.3 is 14.6 Å². The molecule has 1 heterocycles. The van der Waals surface area contributed by atoms with Gasteiger partial charge in [-0.1, -0.05) is 19.3 Å². The molecule has 1 saturated carbocycles. The molecule has 0 amide bonds. The van der Waals surface area contributed by atoms with Crippen molar-refractivity contribution in [3.8, 4) is 0 Å². The summed E-state index contributed by atoms with van der Waals surface area (Å²) in [5, 5.41) is 11.3. The Kier molecular flexibility index (Phi) is 4.90. The predicted molar refractivity (Wildman–Crippen MR) is 70.2 cm³/mol. The second-order valence-corrected chi connectivity index (χ2v) is 5.11. The molecule has 0 spiro atoms. The Morgan fingerprint density at radius 3 is 2.95 bits per heavy atom. The average Bonchev–Trinajstić information content (AvgIpc) is 2.69. The number of nitrogens with zero attached hydrogens (tertiary/aromatic N) is 3. The molecule has 0 aliphatic heterocycles. The minimum atomic E-state index is -0.0997. The van der Waals surface area contributed by atoms with Crippen molar-refractivity contribution in [1.82, 2.24) is 20.1 Å². The van der Waals surface area contributed by atoms with Crippen molar-refractivity contribution in [2.45, 2.75) is 44.7 Å². The molecular formula is C13H22N4O2. The number of aryl methyl sites for hydroxylation is 1. The third-order valence-corrected chi connectivity index (χ3v) is 3.85. The third kappa shape index (κ3) is 3.53. The molecule has 1 aliphatic carbocycles. The lowest BCUT2D eigenvalue weighted by molar-refractivity contribution is -0.146. The number of nitrogens with one attached hydrogen (secondary N) is 1. The molecule has 1 aromatic rings. The number of esters is 1. The number of hydrogen-bond acceptors (Lipinski definition) is 5. The number of aromatic nitrogens is 3. The summed E-state index contributed by atoms with van der Waals surface area (Å²) in [6, 6.07) is 0.173. The van der Waals surface area contributed by atoms with Crippen LogP contribution in [0.1, 0.15) is 37.9 Å². The number of hydrogen-bond donors (Lipinski definition) is 1. The molecular weight excluding hydrogens is 244 g/mol. The Morgan fingerprint density at radius 1 is 1.47 bits per heavy atom. The zero-order valence-corrected chi connectivity index (χ0v) is 11.6. The van der Waals surface area contributed by atoms with E-state index in [9.17, 15) is 4.79 Å². The first-order valence-corrected chi connectivity index (χ1v) is 6.86. The topological polar surface area (TPSA) is 69.0 Å². The largest absolute Gasteiger partial charge is 0.469 e. The van der Waals surface area contributed by atoms with Crippen molar-refractivity contribution in [3.63, 3.8) is 0 Å². The molecule has 2 unspecified atom stereocenters. The Morgan fingerprint density at radius 2 is 2.26 bits per heavy atom. The van der Waals surface area contributed by atoms with Crippen molar-refractivity contribution in [2.24, 2.45) is 13.0 Å². The quantitative estimate of drug-likeness (QED) is 0.651. The van der Waals surface area contributed by atoms with Gasteiger partial charge in [-0.3, -0.25) is 4.79 Å². The lowest BCUT2D eigenvalue weighted by Crippen LogP contribution is -2.40. The van der Waals surface area contributed by atoms with Gasteiger partial charge in [0, 0.05) is 13.1 Å². The highest BCUT2D eigenvalue weighted by Gasteiger charge is 2.30. The first kappa shape index (κ1) is 14.0. The zero-order chi connectivity index (χ0) is 13.7. The van der Waals surface area contributed by atoms with Crippen molar-refractivity contribution < 1.29 is 9.53 Å². The standard InChI is InChI=1S/C13H22N4O2/c1-17-9-15-16-12(17)8-14-11-7-5-3-4-6-10(11)13(18)19-2/h9-11,14H,3-8H2,1-2H3. The van der Waals surface area contributed by atoms with E-state index in [-0.39, 0.29) is 17.9 Å². The van der Waals surface area contributed by atoms with E-state index in [1.807, 2.05) is 11.6 Å². The van der Waals surface area contributed by atoms with Crippen LogP contribution in [0.4, 0.5) is 0 Å². The van der Waals surface area contributed by atoms with Gasteiger partial charge in [-0.15, -0.1) is 10.2 Å². The maximum absolute atomic E-state index is 11.9. The molecule has 6 nitrogen and oxygen atoms in total. The van der Waals surface area contributed by atoms with Crippen LogP contribution in [-0.2, 0) is 23.1 Å². The van der Waals surface area contributed by atoms with Crippen LogP contribution >= 0.6 is 0 Å². The Hall–Kier alpha value is -1.43. The number of ether oxygens (including phenoxy) is 1. The van der Waals surface area contributed by atoms with E-state index in [0.717, 1.165) is 31.5 Å². The van der Waals surface area contributed by atoms with Gasteiger partial charge in [0.05, 0.1) is 19.6 Å². The fraction of sp³-hybridized carbons (Fsp3) is 0.769. The fourth-order valence-electron chi connectivity index (χ4n) is 2.68. The van der Waals surface area contributed by atoms with E-state index in [0.29, 0.717) is 6.54 Å². The zero-order valence-electron chi connectivity index (χ0n) is 11.6. The summed E-state index contributed by atoms with van der Waals surface area (Å²) in [6.45, 7) is 0.634. The number of methoxy groups -OCH3 is 1. The van der Waals surface area contributed by atoms with Gasteiger partial charge in [0.25, 0.3) is 0 Å². The monoisotopic (exact) mass is 266 g/mol. The van der Waals surface area contributed by atoms with E-state index in [2.05, 4.69) is 15.5 Å². The minimum absolute atomic E-state index is 0.0410. The van der Waals surface area contributed by atoms with Crippen LogP contribution in [-0.4, -0.2) is 33.9 Å². The smallest absolute Gasteiger partial charge is 0.310 e. The summed E-state index contributed by atoms with van der Waals surface area (Å²) in [4.78, 5) is 11.9. The van der Waals surface area contributed by atoms with Gasteiger partial charge in [0.1, 0.15) is 12.2 Å². The Labute approximate surface area is 113 Å². The molecule has 0 saturated heterocycles. The van der Waals surface area contributed by atoms with Gasteiger partial charge in [0.2, 0.25) is 0 Å². The summed E-state index contributed by atoms with van der Waals surface area (Å²) in [7, 11) is 3.38. The summed E-state index contributed by atoms with van der Waals surface area (Å²) < 4.78 is 6.81. The minimum Gasteiger partial charge on any atom is -0.469 e. The molecule has 2 atom stereocenters. The van der Waals surface area contributed by atoms with Gasteiger partial charge in [-0.05, 0) is 12.8 Å². The third-order valence-electron chi connectivity index (χ3n) is 3.85. The van der Waals surface area contributed by atoms with Gasteiger partial charge in [-0.2, -0.15) is 0 Å². The van der Waals surface area contributed by atoms with E-state index in [4.69, 9.17) is 4.74 Å². The molecule has 0 radical (unpaired) electrons. The van der Waals surface area contributed by atoms with Crippen molar-refractivity contribution >= 4 is 5.97 Å². The summed E-state index contributed by atoms with van der Waals surface area (Å²) in [5.74, 6) is 0.742. The van der Waals surface area contributed by atoms with Crippen molar-refractivity contribution in [3.05, 3.63) is 12.2 Å². The molecule has 0 bridgehead atoms. The molecule has 6 heteroatoms. The van der Waals surface area contributed by atoms with E-state index in [1.54, 1.807) is 6.33 Å². The molecule has 1 fully saturated rings.